The Kier molecular flexibility index (Phi) is 3.83. The third-order valence-electron chi connectivity index (χ3n) is 3.30. The Labute approximate surface area is 113 Å². The van der Waals surface area contributed by atoms with Gasteiger partial charge in [0.15, 0.2) is 0 Å². The van der Waals surface area contributed by atoms with Gasteiger partial charge >= 0.3 is 6.03 Å². The van der Waals surface area contributed by atoms with Gasteiger partial charge in [0.2, 0.25) is 0 Å². The van der Waals surface area contributed by atoms with E-state index in [1.165, 1.54) is 4.90 Å². The second-order valence-corrected chi connectivity index (χ2v) is 4.77. The second kappa shape index (κ2) is 5.38. The largest absolute Gasteiger partial charge is 0.333 e. The van der Waals surface area contributed by atoms with Gasteiger partial charge in [-0.3, -0.25) is 4.79 Å². The highest BCUT2D eigenvalue weighted by Crippen LogP contribution is 2.25. The van der Waals surface area contributed by atoms with E-state index in [4.69, 9.17) is 0 Å². The predicted octanol–water partition coefficient (Wildman–Crippen LogP) is 2.35. The van der Waals surface area contributed by atoms with Crippen molar-refractivity contribution < 1.29 is 9.59 Å². The summed E-state index contributed by atoms with van der Waals surface area (Å²) < 4.78 is 0. The summed E-state index contributed by atoms with van der Waals surface area (Å²) in [5, 5.41) is 0. The molecule has 0 aromatic carbocycles. The van der Waals surface area contributed by atoms with Crippen LogP contribution in [-0.4, -0.2) is 34.4 Å². The summed E-state index contributed by atoms with van der Waals surface area (Å²) in [5.74, 6) is 0.256. The molecule has 0 aliphatic carbocycles. The number of amides is 3. The molecule has 0 bridgehead atoms. The normalized spacial score (nSPS) is 19.4. The third-order valence-corrected chi connectivity index (χ3v) is 3.30. The van der Waals surface area contributed by atoms with Crippen molar-refractivity contribution in [2.45, 2.75) is 39.7 Å². The molecule has 5 nitrogen and oxygen atoms in total. The first kappa shape index (κ1) is 13.5. The number of carbonyl (C=O) groups excluding carboxylic acids is 2. The minimum Gasteiger partial charge on any atom is -0.312 e. The average Bonchev–Trinajstić information content (AvgIpc) is 2.61. The minimum absolute atomic E-state index is 0.168. The number of hydrogen-bond donors (Lipinski definition) is 0. The minimum atomic E-state index is -0.352. The van der Waals surface area contributed by atoms with E-state index in [0.717, 1.165) is 12.0 Å². The maximum atomic E-state index is 12.4. The van der Waals surface area contributed by atoms with Gasteiger partial charge in [-0.25, -0.2) is 14.7 Å². The molecular formula is C14H19N3O2. The lowest BCUT2D eigenvalue weighted by Gasteiger charge is -2.19. The number of aryl methyl sites for hydroxylation is 1. The number of anilines is 1. The number of urea groups is 1. The fourth-order valence-corrected chi connectivity index (χ4v) is 2.38. The smallest absolute Gasteiger partial charge is 0.312 e. The highest BCUT2D eigenvalue weighted by Gasteiger charge is 2.44. The molecule has 0 spiro atoms. The van der Waals surface area contributed by atoms with E-state index < -0.39 is 0 Å². The molecule has 0 unspecified atom stereocenters. The maximum absolute atomic E-state index is 12.4. The van der Waals surface area contributed by atoms with E-state index in [9.17, 15) is 9.59 Å². The molecule has 1 aromatic heterocycles. The first-order chi connectivity index (χ1) is 9.10. The van der Waals surface area contributed by atoms with Crippen molar-refractivity contribution in [1.82, 2.24) is 9.88 Å². The Morgan fingerprint density at radius 3 is 2.63 bits per heavy atom. The van der Waals surface area contributed by atoms with Crippen molar-refractivity contribution in [3.05, 3.63) is 23.9 Å². The van der Waals surface area contributed by atoms with Gasteiger partial charge in [0.1, 0.15) is 11.9 Å². The molecule has 2 rings (SSSR count). The van der Waals surface area contributed by atoms with Gasteiger partial charge in [0.25, 0.3) is 5.91 Å². The van der Waals surface area contributed by atoms with Crippen molar-refractivity contribution in [2.75, 3.05) is 11.4 Å². The number of rotatable bonds is 4. The van der Waals surface area contributed by atoms with Crippen LogP contribution in [0.1, 0.15) is 32.3 Å². The van der Waals surface area contributed by atoms with E-state index in [-0.39, 0.29) is 18.0 Å². The molecule has 0 saturated carbocycles. The Morgan fingerprint density at radius 2 is 2.05 bits per heavy atom. The van der Waals surface area contributed by atoms with E-state index in [1.807, 2.05) is 26.8 Å². The van der Waals surface area contributed by atoms with Crippen LogP contribution in [0.4, 0.5) is 10.6 Å². The Bertz CT molecular complexity index is 501. The van der Waals surface area contributed by atoms with Gasteiger partial charge in [-0.05, 0) is 37.5 Å². The van der Waals surface area contributed by atoms with Gasteiger partial charge in [0, 0.05) is 12.7 Å². The van der Waals surface area contributed by atoms with Crippen LogP contribution < -0.4 is 4.90 Å². The molecule has 0 N–H and O–H groups in total. The zero-order valence-electron chi connectivity index (χ0n) is 11.6. The molecular weight excluding hydrogens is 242 g/mol. The summed E-state index contributed by atoms with van der Waals surface area (Å²) in [4.78, 5) is 31.7. The molecule has 1 saturated heterocycles. The number of hydrogen-bond acceptors (Lipinski definition) is 3. The first-order valence-corrected chi connectivity index (χ1v) is 6.67. The summed E-state index contributed by atoms with van der Waals surface area (Å²) in [6.07, 6.45) is 3.09. The molecule has 3 amide bonds. The highest BCUT2D eigenvalue weighted by atomic mass is 16.2. The average molecular weight is 261 g/mol. The van der Waals surface area contributed by atoms with Gasteiger partial charge in [-0.1, -0.05) is 13.8 Å². The van der Waals surface area contributed by atoms with Crippen molar-refractivity contribution >= 4 is 17.8 Å². The van der Waals surface area contributed by atoms with Crippen LogP contribution >= 0.6 is 0 Å². The molecule has 5 heteroatoms. The Hall–Kier alpha value is -1.91. The van der Waals surface area contributed by atoms with Crippen molar-refractivity contribution in [3.8, 4) is 0 Å². The second-order valence-electron chi connectivity index (χ2n) is 4.77. The van der Waals surface area contributed by atoms with Crippen LogP contribution in [0.15, 0.2) is 18.3 Å². The summed E-state index contributed by atoms with van der Waals surface area (Å²) >= 11 is 0. The molecule has 1 atom stereocenters. The molecule has 2 heterocycles. The topological polar surface area (TPSA) is 53.5 Å². The number of aromatic nitrogens is 1. The molecule has 0 radical (unpaired) electrons. The molecule has 1 aromatic rings. The molecule has 1 aliphatic rings. The van der Waals surface area contributed by atoms with Crippen molar-refractivity contribution in [2.24, 2.45) is 0 Å². The van der Waals surface area contributed by atoms with Crippen LogP contribution in [0, 0.1) is 6.92 Å². The maximum Gasteiger partial charge on any atom is 0.333 e. The number of nitrogens with zero attached hydrogens (tertiary/aromatic N) is 3. The summed E-state index contributed by atoms with van der Waals surface area (Å²) in [5.41, 5.74) is 0.979. The molecule has 102 valence electrons. The van der Waals surface area contributed by atoms with E-state index in [0.29, 0.717) is 18.8 Å². The highest BCUT2D eigenvalue weighted by molar-refractivity contribution is 6.20. The number of carbonyl (C=O) groups is 2. The van der Waals surface area contributed by atoms with Gasteiger partial charge < -0.3 is 4.90 Å². The molecule has 1 fully saturated rings. The quantitative estimate of drug-likeness (QED) is 0.782. The first-order valence-electron chi connectivity index (χ1n) is 6.67. The zero-order valence-corrected chi connectivity index (χ0v) is 11.6. The van der Waals surface area contributed by atoms with Crippen molar-refractivity contribution in [3.63, 3.8) is 0 Å². The van der Waals surface area contributed by atoms with Crippen molar-refractivity contribution in [1.29, 1.82) is 0 Å². The number of imide groups is 1. The van der Waals surface area contributed by atoms with Crippen LogP contribution in [-0.2, 0) is 4.79 Å². The fraction of sp³-hybridized carbons (Fsp3) is 0.500. The Balaban J connectivity index is 2.36. The van der Waals surface area contributed by atoms with Gasteiger partial charge in [0.05, 0.1) is 0 Å². The Morgan fingerprint density at radius 1 is 1.32 bits per heavy atom. The predicted molar refractivity (Wildman–Crippen MR) is 72.9 cm³/mol. The fourth-order valence-electron chi connectivity index (χ4n) is 2.38. The summed E-state index contributed by atoms with van der Waals surface area (Å²) in [6, 6.07) is 3.00. The lowest BCUT2D eigenvalue weighted by molar-refractivity contribution is -0.119. The van der Waals surface area contributed by atoms with E-state index >= 15 is 0 Å². The van der Waals surface area contributed by atoms with Crippen LogP contribution in [0.3, 0.4) is 0 Å². The summed E-state index contributed by atoms with van der Waals surface area (Å²) in [6.45, 7) is 6.44. The summed E-state index contributed by atoms with van der Waals surface area (Å²) in [7, 11) is 0. The lowest BCUT2D eigenvalue weighted by atomic mass is 10.2. The van der Waals surface area contributed by atoms with Gasteiger partial charge in [-0.15, -0.1) is 0 Å². The van der Waals surface area contributed by atoms with E-state index in [1.54, 1.807) is 17.2 Å². The SMILES string of the molecule is CCCN1C(=O)N(c2cc(C)ccn2)C(=O)[C@H]1CC. The number of pyridine rings is 1. The zero-order chi connectivity index (χ0) is 14.0. The monoisotopic (exact) mass is 261 g/mol. The standard InChI is InChI=1S/C14H19N3O2/c1-4-8-16-11(5-2)13(18)17(14(16)19)12-9-10(3)6-7-15-12/h6-7,9,11H,4-5,8H2,1-3H3/t11-/m1/s1. The van der Waals surface area contributed by atoms with Gasteiger partial charge in [-0.2, -0.15) is 0 Å². The lowest BCUT2D eigenvalue weighted by Crippen LogP contribution is -2.35. The molecule has 19 heavy (non-hydrogen) atoms. The third kappa shape index (κ3) is 2.32. The van der Waals surface area contributed by atoms with Crippen LogP contribution in [0.5, 0.6) is 0 Å². The van der Waals surface area contributed by atoms with Crippen LogP contribution in [0.25, 0.3) is 0 Å². The molecule has 1 aliphatic heterocycles. The van der Waals surface area contributed by atoms with Crippen LogP contribution in [0.2, 0.25) is 0 Å². The van der Waals surface area contributed by atoms with E-state index in [2.05, 4.69) is 4.98 Å².